The zero-order valence-corrected chi connectivity index (χ0v) is 16.3. The van der Waals surface area contributed by atoms with E-state index >= 15 is 0 Å². The van der Waals surface area contributed by atoms with E-state index < -0.39 is 28.7 Å². The first-order valence-corrected chi connectivity index (χ1v) is 10.1. The first-order valence-electron chi connectivity index (χ1n) is 10.1. The van der Waals surface area contributed by atoms with Gasteiger partial charge in [0, 0.05) is 21.6 Å². The molecular formula is C18H24N4O5S. The number of hydrogen-bond donors (Lipinski definition) is 3. The van der Waals surface area contributed by atoms with Crippen molar-refractivity contribution in [2.45, 2.75) is 36.9 Å². The molecule has 1 aliphatic rings. The molecule has 0 bridgehead atoms. The van der Waals surface area contributed by atoms with E-state index in [1.165, 1.54) is 24.3 Å². The molecule has 3 N–H and O–H groups in total. The van der Waals surface area contributed by atoms with Crippen LogP contribution in [0.3, 0.4) is 0 Å². The predicted molar refractivity (Wildman–Crippen MR) is 103 cm³/mol. The van der Waals surface area contributed by atoms with Gasteiger partial charge in [-0.05, 0) is 44.6 Å². The summed E-state index contributed by atoms with van der Waals surface area (Å²) in [7, 11) is -4.17. The standard InChI is InChI=1S/C18H24N4O5S/c1-4-12-9-20-17(22-16(12)27-15-10-26-11-18(15,2)23)21-13-5-7-14(8-6-13)28(24,25)19-3/h5-9,15,19,23H,4,10-11H2,1-3H3,(H,20,21,22)/t15-,18+/m1/s1/i3D3. The Morgan fingerprint density at radius 2 is 2.18 bits per heavy atom. The molecule has 0 unspecified atom stereocenters. The van der Waals surface area contributed by atoms with Crippen LogP contribution in [0, 0.1) is 0 Å². The Bertz CT molecular complexity index is 1030. The number of aromatic nitrogens is 2. The molecule has 0 spiro atoms. The number of aliphatic hydroxyl groups is 1. The quantitative estimate of drug-likeness (QED) is 0.622. The van der Waals surface area contributed by atoms with Crippen LogP contribution in [0.4, 0.5) is 11.6 Å². The smallest absolute Gasteiger partial charge is 0.240 e. The molecule has 10 heteroatoms. The Hall–Kier alpha value is -2.27. The van der Waals surface area contributed by atoms with Crippen molar-refractivity contribution in [1.82, 2.24) is 14.7 Å². The summed E-state index contributed by atoms with van der Waals surface area (Å²) in [5.41, 5.74) is 0.109. The van der Waals surface area contributed by atoms with Crippen LogP contribution in [0.15, 0.2) is 35.4 Å². The predicted octanol–water partition coefficient (Wildman–Crippen LogP) is 1.22. The highest BCUT2D eigenvalue weighted by Crippen LogP contribution is 2.27. The topological polar surface area (TPSA) is 123 Å². The number of benzene rings is 1. The van der Waals surface area contributed by atoms with Crippen molar-refractivity contribution in [3.63, 3.8) is 0 Å². The van der Waals surface area contributed by atoms with Crippen molar-refractivity contribution in [3.05, 3.63) is 36.0 Å². The van der Waals surface area contributed by atoms with E-state index in [2.05, 4.69) is 15.3 Å². The second kappa shape index (κ2) is 8.00. The molecule has 1 aliphatic heterocycles. The van der Waals surface area contributed by atoms with E-state index in [1.54, 1.807) is 17.8 Å². The van der Waals surface area contributed by atoms with Crippen LogP contribution in [-0.4, -0.2) is 55.4 Å². The Balaban J connectivity index is 1.77. The highest BCUT2D eigenvalue weighted by atomic mass is 32.2. The lowest BCUT2D eigenvalue weighted by atomic mass is 10.0. The average Bonchev–Trinajstić information content (AvgIpc) is 2.99. The van der Waals surface area contributed by atoms with E-state index in [4.69, 9.17) is 13.6 Å². The van der Waals surface area contributed by atoms with Crippen molar-refractivity contribution < 1.29 is 27.1 Å². The summed E-state index contributed by atoms with van der Waals surface area (Å²) >= 11 is 0. The molecule has 0 saturated carbocycles. The molecule has 2 atom stereocenters. The van der Waals surface area contributed by atoms with E-state index in [0.29, 0.717) is 18.0 Å². The van der Waals surface area contributed by atoms with Gasteiger partial charge >= 0.3 is 0 Å². The molecule has 1 aromatic carbocycles. The van der Waals surface area contributed by atoms with Crippen LogP contribution in [0.5, 0.6) is 5.88 Å². The fourth-order valence-electron chi connectivity index (χ4n) is 2.64. The van der Waals surface area contributed by atoms with Gasteiger partial charge in [-0.15, -0.1) is 0 Å². The summed E-state index contributed by atoms with van der Waals surface area (Å²) in [6.07, 6.45) is 1.65. The third-order valence-corrected chi connectivity index (χ3v) is 5.53. The molecule has 1 aromatic heterocycles. The van der Waals surface area contributed by atoms with Gasteiger partial charge in [0.05, 0.1) is 18.1 Å². The average molecular weight is 411 g/mol. The number of rotatable bonds is 7. The normalized spacial score (nSPS) is 24.2. The van der Waals surface area contributed by atoms with Crippen molar-refractivity contribution in [1.29, 1.82) is 0 Å². The molecule has 0 amide bonds. The Morgan fingerprint density at radius 1 is 1.43 bits per heavy atom. The van der Waals surface area contributed by atoms with Crippen LogP contribution >= 0.6 is 0 Å². The third-order valence-electron chi connectivity index (χ3n) is 4.37. The summed E-state index contributed by atoms with van der Waals surface area (Å²) < 4.78 is 58.2. The maximum atomic E-state index is 12.1. The summed E-state index contributed by atoms with van der Waals surface area (Å²) in [6.45, 7) is 1.14. The maximum Gasteiger partial charge on any atom is 0.240 e. The second-order valence-electron chi connectivity index (χ2n) is 6.61. The Kier molecular flexibility index (Phi) is 4.76. The van der Waals surface area contributed by atoms with Crippen molar-refractivity contribution in [2.75, 3.05) is 25.5 Å². The van der Waals surface area contributed by atoms with Crippen molar-refractivity contribution in [2.24, 2.45) is 0 Å². The fraction of sp³-hybridized carbons (Fsp3) is 0.444. The minimum Gasteiger partial charge on any atom is -0.468 e. The molecule has 1 fully saturated rings. The van der Waals surface area contributed by atoms with E-state index in [-0.39, 0.29) is 24.1 Å². The number of hydrogen-bond acceptors (Lipinski definition) is 8. The van der Waals surface area contributed by atoms with Crippen molar-refractivity contribution in [3.8, 4) is 5.88 Å². The van der Waals surface area contributed by atoms with E-state index in [0.717, 1.165) is 5.56 Å². The first kappa shape index (κ1) is 16.7. The van der Waals surface area contributed by atoms with Crippen LogP contribution in [0.25, 0.3) is 0 Å². The van der Waals surface area contributed by atoms with Gasteiger partial charge < -0.3 is 19.9 Å². The molecule has 3 rings (SSSR count). The van der Waals surface area contributed by atoms with Crippen LogP contribution in [-0.2, 0) is 21.2 Å². The van der Waals surface area contributed by atoms with Gasteiger partial charge in [0.2, 0.25) is 21.9 Å². The third kappa shape index (κ3) is 4.41. The Labute approximate surface area is 168 Å². The largest absolute Gasteiger partial charge is 0.468 e. The summed E-state index contributed by atoms with van der Waals surface area (Å²) in [5.74, 6) is 0.527. The minimum atomic E-state index is -4.17. The van der Waals surface area contributed by atoms with Crippen LogP contribution in [0.1, 0.15) is 23.5 Å². The zero-order chi connectivity index (χ0) is 22.9. The highest BCUT2D eigenvalue weighted by Gasteiger charge is 2.40. The summed E-state index contributed by atoms with van der Waals surface area (Å²) in [4.78, 5) is 8.42. The SMILES string of the molecule is [2H]C([2H])([2H])NS(=O)(=O)c1ccc(Nc2ncc(CC)c(O[C@@H]3COC[C@]3(C)O)n2)cc1. The van der Waals surface area contributed by atoms with Gasteiger partial charge in [-0.3, -0.25) is 0 Å². The molecule has 28 heavy (non-hydrogen) atoms. The lowest BCUT2D eigenvalue weighted by Crippen LogP contribution is -2.42. The summed E-state index contributed by atoms with van der Waals surface area (Å²) in [5, 5.41) is 13.3. The fourth-order valence-corrected chi connectivity index (χ4v) is 3.25. The molecule has 152 valence electrons. The first-order chi connectivity index (χ1) is 14.4. The number of nitrogens with one attached hydrogen (secondary N) is 2. The van der Waals surface area contributed by atoms with Gasteiger partial charge in [-0.2, -0.15) is 4.98 Å². The lowest BCUT2D eigenvalue weighted by Gasteiger charge is -2.24. The molecule has 2 heterocycles. The minimum absolute atomic E-state index is 0.168. The van der Waals surface area contributed by atoms with Crippen molar-refractivity contribution >= 4 is 21.7 Å². The lowest BCUT2D eigenvalue weighted by molar-refractivity contribution is -0.0179. The second-order valence-corrected chi connectivity index (χ2v) is 8.29. The van der Waals surface area contributed by atoms with E-state index in [9.17, 15) is 13.5 Å². The maximum absolute atomic E-state index is 12.1. The van der Waals surface area contributed by atoms with E-state index in [1.807, 2.05) is 6.92 Å². The number of aryl methyl sites for hydroxylation is 1. The number of nitrogens with zero attached hydrogens (tertiary/aromatic N) is 2. The van der Waals surface area contributed by atoms with Gasteiger partial charge in [-0.1, -0.05) is 6.92 Å². The number of ether oxygens (including phenoxy) is 2. The molecule has 0 aliphatic carbocycles. The molecule has 9 nitrogen and oxygen atoms in total. The number of anilines is 2. The number of sulfonamides is 1. The van der Waals surface area contributed by atoms with Gasteiger partial charge in [0.25, 0.3) is 0 Å². The monoisotopic (exact) mass is 411 g/mol. The molecular weight excluding hydrogens is 384 g/mol. The van der Waals surface area contributed by atoms with Crippen LogP contribution < -0.4 is 14.8 Å². The molecule has 2 aromatic rings. The van der Waals surface area contributed by atoms with Gasteiger partial charge in [0.15, 0.2) is 6.10 Å². The van der Waals surface area contributed by atoms with Crippen LogP contribution in [0.2, 0.25) is 0 Å². The Morgan fingerprint density at radius 3 is 2.79 bits per heavy atom. The highest BCUT2D eigenvalue weighted by molar-refractivity contribution is 7.89. The van der Waals surface area contributed by atoms with Gasteiger partial charge in [0.1, 0.15) is 5.60 Å². The summed E-state index contributed by atoms with van der Waals surface area (Å²) in [6, 6.07) is 5.45. The van der Waals surface area contributed by atoms with Gasteiger partial charge in [-0.25, -0.2) is 18.1 Å². The molecule has 1 saturated heterocycles. The zero-order valence-electron chi connectivity index (χ0n) is 18.5. The molecule has 0 radical (unpaired) electrons.